The molecule has 0 radical (unpaired) electrons. The fraction of sp³-hybridized carbons (Fsp3) is 0.261. The van der Waals surface area contributed by atoms with Crippen molar-refractivity contribution in [1.29, 1.82) is 0 Å². The molecule has 0 unspecified atom stereocenters. The number of rotatable bonds is 6. The van der Waals surface area contributed by atoms with Crippen molar-refractivity contribution in [2.24, 2.45) is 5.41 Å². The molecule has 4 rings (SSSR count). The summed E-state index contributed by atoms with van der Waals surface area (Å²) in [4.78, 5) is 17.9. The summed E-state index contributed by atoms with van der Waals surface area (Å²) >= 11 is 1.43. The zero-order valence-corrected chi connectivity index (χ0v) is 17.7. The van der Waals surface area contributed by atoms with E-state index >= 15 is 0 Å². The van der Waals surface area contributed by atoms with Crippen LogP contribution in [0.2, 0.25) is 0 Å². The number of thiophene rings is 1. The fourth-order valence-electron chi connectivity index (χ4n) is 3.18. The van der Waals surface area contributed by atoms with Crippen LogP contribution in [0.3, 0.4) is 0 Å². The maximum Gasteiger partial charge on any atom is 0.208 e. The summed E-state index contributed by atoms with van der Waals surface area (Å²) < 4.78 is 1.75. The van der Waals surface area contributed by atoms with Gasteiger partial charge in [0.15, 0.2) is 5.65 Å². The summed E-state index contributed by atoms with van der Waals surface area (Å²) in [6.45, 7) is 7.64. The minimum Gasteiger partial charge on any atom is -0.385 e. The molecule has 6 heteroatoms. The van der Waals surface area contributed by atoms with Crippen molar-refractivity contribution in [3.05, 3.63) is 70.7 Å². The van der Waals surface area contributed by atoms with Crippen molar-refractivity contribution >= 4 is 28.5 Å². The van der Waals surface area contributed by atoms with Crippen LogP contribution in [0.15, 0.2) is 60.2 Å². The Morgan fingerprint density at radius 3 is 2.79 bits per heavy atom. The van der Waals surface area contributed by atoms with Crippen LogP contribution in [0.1, 0.15) is 42.4 Å². The normalized spacial score (nSPS) is 11.7. The number of carbonyl (C=O) groups excluding carboxylic acids is 1. The Bertz CT molecular complexity index is 1140. The number of hydrogen-bond acceptors (Lipinski definition) is 5. The van der Waals surface area contributed by atoms with E-state index in [2.05, 4.69) is 48.3 Å². The highest BCUT2D eigenvalue weighted by Gasteiger charge is 2.18. The summed E-state index contributed by atoms with van der Waals surface area (Å²) in [7, 11) is 0. The predicted octanol–water partition coefficient (Wildman–Crippen LogP) is 5.54. The van der Waals surface area contributed by atoms with Crippen LogP contribution in [0.25, 0.3) is 16.9 Å². The molecular formula is C23H24N4OS. The van der Waals surface area contributed by atoms with Gasteiger partial charge in [0.1, 0.15) is 0 Å². The van der Waals surface area contributed by atoms with Gasteiger partial charge in [0, 0.05) is 24.0 Å². The van der Waals surface area contributed by atoms with Crippen molar-refractivity contribution in [3.8, 4) is 11.3 Å². The smallest absolute Gasteiger partial charge is 0.208 e. The van der Waals surface area contributed by atoms with E-state index in [4.69, 9.17) is 0 Å². The number of benzene rings is 1. The Hall–Kier alpha value is -2.99. The van der Waals surface area contributed by atoms with E-state index in [9.17, 15) is 4.79 Å². The molecule has 0 fully saturated rings. The van der Waals surface area contributed by atoms with Gasteiger partial charge >= 0.3 is 0 Å². The Kier molecular flexibility index (Phi) is 5.20. The van der Waals surface area contributed by atoms with Crippen LogP contribution in [-0.4, -0.2) is 26.9 Å². The third-order valence-corrected chi connectivity index (χ3v) is 5.62. The third-order valence-electron chi connectivity index (χ3n) is 4.75. The van der Waals surface area contributed by atoms with E-state index < -0.39 is 0 Å². The standard InChI is InChI=1S/C23H24N4OS/c1-23(2,3)10-12-24-17-7-4-6-16(14-17)19-9-11-25-22-18(15-26-27(19)22)21(28)20-8-5-13-29-20/h4-9,11,13-15,24H,10,12H2,1-3H3. The van der Waals surface area contributed by atoms with Crippen molar-refractivity contribution in [2.45, 2.75) is 27.2 Å². The molecule has 29 heavy (non-hydrogen) atoms. The van der Waals surface area contributed by atoms with Gasteiger partial charge in [-0.2, -0.15) is 5.10 Å². The van der Waals surface area contributed by atoms with E-state index in [0.717, 1.165) is 29.9 Å². The van der Waals surface area contributed by atoms with Crippen LogP contribution in [-0.2, 0) is 0 Å². The second kappa shape index (κ2) is 7.79. The molecule has 0 spiro atoms. The molecule has 1 aromatic carbocycles. The molecule has 5 nitrogen and oxygen atoms in total. The molecule has 0 saturated carbocycles. The summed E-state index contributed by atoms with van der Waals surface area (Å²) in [6.07, 6.45) is 4.43. The fourth-order valence-corrected chi connectivity index (χ4v) is 3.86. The lowest BCUT2D eigenvalue weighted by Gasteiger charge is -2.18. The van der Waals surface area contributed by atoms with E-state index in [-0.39, 0.29) is 5.78 Å². The summed E-state index contributed by atoms with van der Waals surface area (Å²) in [6, 6.07) is 13.9. The SMILES string of the molecule is CC(C)(C)CCNc1cccc(-c2ccnc3c(C(=O)c4cccs4)cnn23)c1. The first kappa shape index (κ1) is 19.3. The van der Waals surface area contributed by atoms with Crippen molar-refractivity contribution in [3.63, 3.8) is 0 Å². The van der Waals surface area contributed by atoms with Crippen LogP contribution in [0, 0.1) is 5.41 Å². The third kappa shape index (κ3) is 4.22. The monoisotopic (exact) mass is 404 g/mol. The maximum absolute atomic E-state index is 12.8. The number of anilines is 1. The van der Waals surface area contributed by atoms with E-state index in [1.165, 1.54) is 11.3 Å². The van der Waals surface area contributed by atoms with Crippen LogP contribution in [0.5, 0.6) is 0 Å². The number of nitrogens with one attached hydrogen (secondary N) is 1. The zero-order valence-electron chi connectivity index (χ0n) is 16.8. The molecule has 4 aromatic rings. The molecule has 0 aliphatic carbocycles. The average molecular weight is 405 g/mol. The zero-order chi connectivity index (χ0) is 20.4. The van der Waals surface area contributed by atoms with E-state index in [1.807, 2.05) is 35.7 Å². The molecule has 0 aliphatic rings. The lowest BCUT2D eigenvalue weighted by molar-refractivity contribution is 0.104. The lowest BCUT2D eigenvalue weighted by Crippen LogP contribution is -2.12. The van der Waals surface area contributed by atoms with Crippen molar-refractivity contribution in [1.82, 2.24) is 14.6 Å². The quantitative estimate of drug-likeness (QED) is 0.429. The molecule has 1 N–H and O–H groups in total. The molecule has 0 amide bonds. The summed E-state index contributed by atoms with van der Waals surface area (Å²) in [5, 5.41) is 9.87. The van der Waals surface area contributed by atoms with Crippen LogP contribution in [0.4, 0.5) is 5.69 Å². The lowest BCUT2D eigenvalue weighted by atomic mass is 9.92. The number of ketones is 1. The average Bonchev–Trinajstić information content (AvgIpc) is 3.36. The first-order chi connectivity index (χ1) is 13.9. The Morgan fingerprint density at radius 2 is 2.03 bits per heavy atom. The number of carbonyl (C=O) groups is 1. The topological polar surface area (TPSA) is 59.3 Å². The number of hydrogen-bond donors (Lipinski definition) is 1. The molecule has 148 valence electrons. The number of aromatic nitrogens is 3. The predicted molar refractivity (Wildman–Crippen MR) is 119 cm³/mol. The molecule has 0 saturated heterocycles. The highest BCUT2D eigenvalue weighted by molar-refractivity contribution is 7.12. The summed E-state index contributed by atoms with van der Waals surface area (Å²) in [5.74, 6) is -0.0442. The molecule has 3 aromatic heterocycles. The second-order valence-corrected chi connectivity index (χ2v) is 9.20. The maximum atomic E-state index is 12.8. The Labute approximate surface area is 174 Å². The minimum absolute atomic E-state index is 0.0442. The largest absolute Gasteiger partial charge is 0.385 e. The van der Waals surface area contributed by atoms with Crippen molar-refractivity contribution < 1.29 is 4.79 Å². The molecule has 0 atom stereocenters. The van der Waals surface area contributed by atoms with Gasteiger partial charge in [0.05, 0.1) is 22.3 Å². The van der Waals surface area contributed by atoms with E-state index in [1.54, 1.807) is 16.9 Å². The first-order valence-corrected chi connectivity index (χ1v) is 10.6. The summed E-state index contributed by atoms with van der Waals surface area (Å²) in [5.41, 5.74) is 4.39. The van der Waals surface area contributed by atoms with Gasteiger partial charge in [0.2, 0.25) is 5.78 Å². The second-order valence-electron chi connectivity index (χ2n) is 8.25. The molecule has 3 heterocycles. The molecule has 0 bridgehead atoms. The van der Waals surface area contributed by atoms with Crippen LogP contribution < -0.4 is 5.32 Å². The van der Waals surface area contributed by atoms with Gasteiger partial charge in [0.25, 0.3) is 0 Å². The highest BCUT2D eigenvalue weighted by atomic mass is 32.1. The van der Waals surface area contributed by atoms with E-state index in [0.29, 0.717) is 21.5 Å². The van der Waals surface area contributed by atoms with Gasteiger partial charge in [-0.05, 0) is 41.5 Å². The van der Waals surface area contributed by atoms with Gasteiger partial charge in [-0.15, -0.1) is 11.3 Å². The number of nitrogens with zero attached hydrogens (tertiary/aromatic N) is 3. The van der Waals surface area contributed by atoms with Crippen LogP contribution >= 0.6 is 11.3 Å². The van der Waals surface area contributed by atoms with Gasteiger partial charge in [-0.25, -0.2) is 9.50 Å². The van der Waals surface area contributed by atoms with Gasteiger partial charge < -0.3 is 5.32 Å². The Balaban J connectivity index is 1.65. The minimum atomic E-state index is -0.0442. The van der Waals surface area contributed by atoms with Gasteiger partial charge in [-0.3, -0.25) is 4.79 Å². The Morgan fingerprint density at radius 1 is 1.17 bits per heavy atom. The molecular weight excluding hydrogens is 380 g/mol. The van der Waals surface area contributed by atoms with Gasteiger partial charge in [-0.1, -0.05) is 39.0 Å². The highest BCUT2D eigenvalue weighted by Crippen LogP contribution is 2.26. The number of fused-ring (bicyclic) bond motifs is 1. The first-order valence-electron chi connectivity index (χ1n) is 9.68. The molecule has 0 aliphatic heterocycles. The van der Waals surface area contributed by atoms with Crippen molar-refractivity contribution in [2.75, 3.05) is 11.9 Å².